The van der Waals surface area contributed by atoms with E-state index >= 15 is 0 Å². The maximum absolute atomic E-state index is 14.8. The Morgan fingerprint density at radius 2 is 2.14 bits per heavy atom. The van der Waals surface area contributed by atoms with Gasteiger partial charge in [0.2, 0.25) is 5.95 Å². The number of aliphatic hydroxyl groups is 2. The molecule has 4 atom stereocenters. The van der Waals surface area contributed by atoms with Gasteiger partial charge in [-0.3, -0.25) is 4.57 Å². The molecule has 6 N–H and O–H groups in total. The number of halogens is 2. The maximum atomic E-state index is 14.8. The second kappa shape index (κ2) is 4.73. The van der Waals surface area contributed by atoms with Gasteiger partial charge in [0, 0.05) is 6.20 Å². The van der Waals surface area contributed by atoms with E-state index in [9.17, 15) is 13.9 Å². The SMILES string of the molecule is C[C@@]1(F)C(O)C(CO)OC1n1cc(F)c2c(N)nc(N)nc21. The van der Waals surface area contributed by atoms with E-state index in [1.54, 1.807) is 0 Å². The Bertz CT molecular complexity index is 735. The summed E-state index contributed by atoms with van der Waals surface area (Å²) in [7, 11) is 0. The fourth-order valence-corrected chi connectivity index (χ4v) is 2.69. The minimum absolute atomic E-state index is 0.0536. The molecule has 1 aliphatic rings. The molecule has 0 radical (unpaired) electrons. The summed E-state index contributed by atoms with van der Waals surface area (Å²) in [6.45, 7) is 0.508. The number of aliphatic hydroxyl groups excluding tert-OH is 2. The van der Waals surface area contributed by atoms with Crippen molar-refractivity contribution >= 4 is 22.8 Å². The Morgan fingerprint density at radius 1 is 1.45 bits per heavy atom. The van der Waals surface area contributed by atoms with Gasteiger partial charge in [0.25, 0.3) is 0 Å². The zero-order valence-electron chi connectivity index (χ0n) is 11.6. The average molecular weight is 315 g/mol. The summed E-state index contributed by atoms with van der Waals surface area (Å²) < 4.78 is 35.2. The van der Waals surface area contributed by atoms with Gasteiger partial charge in [0.1, 0.15) is 18.0 Å². The van der Waals surface area contributed by atoms with Gasteiger partial charge in [-0.15, -0.1) is 0 Å². The van der Waals surface area contributed by atoms with Gasteiger partial charge in [0.05, 0.1) is 12.0 Å². The Kier molecular flexibility index (Phi) is 3.20. The highest BCUT2D eigenvalue weighted by Crippen LogP contribution is 2.43. The first kappa shape index (κ1) is 14.9. The number of nitrogens with two attached hydrogens (primary N) is 2. The molecule has 10 heteroatoms. The molecule has 0 spiro atoms. The first-order chi connectivity index (χ1) is 10.3. The van der Waals surface area contributed by atoms with Crippen LogP contribution in [0.2, 0.25) is 0 Å². The predicted octanol–water partition coefficient (Wildman–Crippen LogP) is -0.286. The molecule has 120 valence electrons. The van der Waals surface area contributed by atoms with Crippen LogP contribution in [0.1, 0.15) is 13.2 Å². The average Bonchev–Trinajstić information content (AvgIpc) is 2.86. The molecule has 3 rings (SSSR count). The number of rotatable bonds is 2. The molecular weight excluding hydrogens is 300 g/mol. The zero-order chi connectivity index (χ0) is 16.2. The number of anilines is 2. The Balaban J connectivity index is 2.19. The topological polar surface area (TPSA) is 132 Å². The van der Waals surface area contributed by atoms with E-state index in [-0.39, 0.29) is 22.8 Å². The highest BCUT2D eigenvalue weighted by molar-refractivity contribution is 5.88. The molecule has 22 heavy (non-hydrogen) atoms. The van der Waals surface area contributed by atoms with Crippen molar-refractivity contribution < 1.29 is 23.7 Å². The number of hydrogen-bond acceptors (Lipinski definition) is 7. The quantitative estimate of drug-likeness (QED) is 0.598. The second-order valence-corrected chi connectivity index (χ2v) is 5.36. The first-order valence-electron chi connectivity index (χ1n) is 6.49. The Hall–Kier alpha value is -2.04. The molecule has 0 aliphatic carbocycles. The standard InChI is InChI=1S/C12H15F2N5O3/c1-12(14)7(21)5(3-20)22-10(12)19-2-4(13)6-8(15)17-11(16)18-9(6)19/h2,5,7,10,20-21H,3H2,1H3,(H4,15,16,17,18)/t5?,7?,10?,12-/m1/s1. The Labute approximate surface area is 123 Å². The summed E-state index contributed by atoms with van der Waals surface area (Å²) in [5.41, 5.74) is 8.77. The van der Waals surface area contributed by atoms with Crippen molar-refractivity contribution in [3.05, 3.63) is 12.0 Å². The molecule has 2 aromatic rings. The van der Waals surface area contributed by atoms with Gasteiger partial charge in [-0.2, -0.15) is 9.97 Å². The van der Waals surface area contributed by atoms with Crippen LogP contribution in [-0.2, 0) is 4.74 Å². The van der Waals surface area contributed by atoms with Crippen LogP contribution in [0.15, 0.2) is 6.20 Å². The lowest BCUT2D eigenvalue weighted by atomic mass is 9.98. The van der Waals surface area contributed by atoms with Crippen LogP contribution in [0, 0.1) is 5.82 Å². The highest BCUT2D eigenvalue weighted by Gasteiger charge is 2.55. The minimum Gasteiger partial charge on any atom is -0.394 e. The summed E-state index contributed by atoms with van der Waals surface area (Å²) in [6, 6.07) is 0. The van der Waals surface area contributed by atoms with Gasteiger partial charge in [-0.05, 0) is 6.92 Å². The molecule has 1 saturated heterocycles. The molecule has 1 fully saturated rings. The van der Waals surface area contributed by atoms with Crippen LogP contribution < -0.4 is 11.5 Å². The summed E-state index contributed by atoms with van der Waals surface area (Å²) in [5.74, 6) is -1.16. The monoisotopic (exact) mass is 315 g/mol. The van der Waals surface area contributed by atoms with Crippen molar-refractivity contribution in [1.82, 2.24) is 14.5 Å². The molecule has 3 heterocycles. The van der Waals surface area contributed by atoms with Crippen LogP contribution in [0.4, 0.5) is 20.5 Å². The van der Waals surface area contributed by atoms with Crippen molar-refractivity contribution in [1.29, 1.82) is 0 Å². The molecule has 0 amide bonds. The third-order valence-electron chi connectivity index (χ3n) is 3.82. The molecule has 3 unspecified atom stereocenters. The van der Waals surface area contributed by atoms with Crippen molar-refractivity contribution in [2.75, 3.05) is 18.1 Å². The van der Waals surface area contributed by atoms with Crippen molar-refractivity contribution in [2.45, 2.75) is 31.0 Å². The van der Waals surface area contributed by atoms with E-state index in [0.717, 1.165) is 17.7 Å². The van der Waals surface area contributed by atoms with E-state index in [0.29, 0.717) is 0 Å². The van der Waals surface area contributed by atoms with E-state index in [1.165, 1.54) is 0 Å². The molecule has 0 aromatic carbocycles. The van der Waals surface area contributed by atoms with Crippen molar-refractivity contribution in [2.24, 2.45) is 0 Å². The number of nitrogens with zero attached hydrogens (tertiary/aromatic N) is 3. The molecule has 0 saturated carbocycles. The second-order valence-electron chi connectivity index (χ2n) is 5.36. The minimum atomic E-state index is -2.28. The maximum Gasteiger partial charge on any atom is 0.223 e. The molecule has 8 nitrogen and oxygen atoms in total. The van der Waals surface area contributed by atoms with Crippen LogP contribution in [0.5, 0.6) is 0 Å². The number of aromatic nitrogens is 3. The molecular formula is C12H15F2N5O3. The molecule has 0 bridgehead atoms. The lowest BCUT2D eigenvalue weighted by molar-refractivity contribution is -0.0566. The van der Waals surface area contributed by atoms with E-state index < -0.39 is 36.5 Å². The first-order valence-corrected chi connectivity index (χ1v) is 6.49. The predicted molar refractivity (Wildman–Crippen MR) is 72.8 cm³/mol. The molecule has 1 aliphatic heterocycles. The smallest absolute Gasteiger partial charge is 0.223 e. The van der Waals surface area contributed by atoms with Crippen LogP contribution in [0.3, 0.4) is 0 Å². The lowest BCUT2D eigenvalue weighted by Crippen LogP contribution is -2.40. The third-order valence-corrected chi connectivity index (χ3v) is 3.82. The van der Waals surface area contributed by atoms with Gasteiger partial charge >= 0.3 is 0 Å². The summed E-state index contributed by atoms with van der Waals surface area (Å²) >= 11 is 0. The lowest BCUT2D eigenvalue weighted by Gasteiger charge is -2.25. The number of hydrogen-bond donors (Lipinski definition) is 4. The molecule has 2 aromatic heterocycles. The van der Waals surface area contributed by atoms with Crippen molar-refractivity contribution in [3.63, 3.8) is 0 Å². The normalized spacial score (nSPS) is 32.0. The number of alkyl halides is 1. The number of fused-ring (bicyclic) bond motifs is 1. The summed E-state index contributed by atoms with van der Waals surface area (Å²) in [4.78, 5) is 7.51. The fourth-order valence-electron chi connectivity index (χ4n) is 2.69. The third kappa shape index (κ3) is 1.91. The van der Waals surface area contributed by atoms with Crippen LogP contribution in [0.25, 0.3) is 11.0 Å². The summed E-state index contributed by atoms with van der Waals surface area (Å²) in [5, 5.41) is 18.9. The Morgan fingerprint density at radius 3 is 2.73 bits per heavy atom. The van der Waals surface area contributed by atoms with E-state index in [1.807, 2.05) is 0 Å². The van der Waals surface area contributed by atoms with E-state index in [2.05, 4.69) is 9.97 Å². The summed E-state index contributed by atoms with van der Waals surface area (Å²) in [6.07, 6.45) is -3.18. The number of nitrogen functional groups attached to an aromatic ring is 2. The highest BCUT2D eigenvalue weighted by atomic mass is 19.1. The van der Waals surface area contributed by atoms with E-state index in [4.69, 9.17) is 21.3 Å². The van der Waals surface area contributed by atoms with Gasteiger partial charge < -0.3 is 26.4 Å². The van der Waals surface area contributed by atoms with Gasteiger partial charge in [-0.1, -0.05) is 0 Å². The zero-order valence-corrected chi connectivity index (χ0v) is 11.6. The van der Waals surface area contributed by atoms with Crippen molar-refractivity contribution in [3.8, 4) is 0 Å². The van der Waals surface area contributed by atoms with Gasteiger partial charge in [-0.25, -0.2) is 8.78 Å². The largest absolute Gasteiger partial charge is 0.394 e. The van der Waals surface area contributed by atoms with Crippen LogP contribution >= 0.6 is 0 Å². The fraction of sp³-hybridized carbons (Fsp3) is 0.500. The number of ether oxygens (including phenoxy) is 1. The van der Waals surface area contributed by atoms with Crippen LogP contribution in [-0.4, -0.2) is 49.2 Å². The van der Waals surface area contributed by atoms with Gasteiger partial charge in [0.15, 0.2) is 23.4 Å².